The number of unbranched alkanes of at least 4 members (excludes halogenated alkanes) is 37. The summed E-state index contributed by atoms with van der Waals surface area (Å²) in [6.07, 6.45) is 65.9. The number of nitrogens with one attached hydrogen (secondary N) is 1. The molecule has 64 heavy (non-hydrogen) atoms. The van der Waals surface area contributed by atoms with Crippen molar-refractivity contribution in [3.8, 4) is 0 Å². The van der Waals surface area contributed by atoms with Crippen LogP contribution in [0.25, 0.3) is 0 Å². The average molecular weight is 901 g/mol. The molecule has 0 aromatic heterocycles. The molecule has 0 spiro atoms. The first-order chi connectivity index (χ1) is 31.5. The van der Waals surface area contributed by atoms with Crippen molar-refractivity contribution in [3.63, 3.8) is 0 Å². The normalized spacial score (nSPS) is 12.9. The third kappa shape index (κ3) is 49.5. The van der Waals surface area contributed by atoms with Crippen molar-refractivity contribution >= 4 is 11.9 Å². The Hall–Kier alpha value is -1.92. The molecule has 0 saturated heterocycles. The van der Waals surface area contributed by atoms with Crippen LogP contribution in [0.3, 0.4) is 0 Å². The number of aliphatic hydroxyl groups is 2. The van der Waals surface area contributed by atoms with Crippen molar-refractivity contribution < 1.29 is 24.5 Å². The number of allylic oxidation sites excluding steroid dienone is 5. The fourth-order valence-electron chi connectivity index (χ4n) is 8.50. The van der Waals surface area contributed by atoms with Crippen LogP contribution in [0.4, 0.5) is 0 Å². The summed E-state index contributed by atoms with van der Waals surface area (Å²) in [5, 5.41) is 23.0. The molecule has 0 saturated carbocycles. The van der Waals surface area contributed by atoms with Gasteiger partial charge in [0.2, 0.25) is 5.91 Å². The van der Waals surface area contributed by atoms with Crippen LogP contribution in [0.5, 0.6) is 0 Å². The monoisotopic (exact) mass is 900 g/mol. The van der Waals surface area contributed by atoms with E-state index in [9.17, 15) is 19.8 Å². The predicted molar refractivity (Wildman–Crippen MR) is 278 cm³/mol. The Bertz CT molecular complexity index is 1040. The van der Waals surface area contributed by atoms with Crippen molar-refractivity contribution in [2.75, 3.05) is 13.2 Å². The lowest BCUT2D eigenvalue weighted by Crippen LogP contribution is -2.45. The fraction of sp³-hybridized carbons (Fsp3) is 0.862. The van der Waals surface area contributed by atoms with Gasteiger partial charge in [-0.2, -0.15) is 0 Å². The van der Waals surface area contributed by atoms with Gasteiger partial charge in [0.25, 0.3) is 0 Å². The van der Waals surface area contributed by atoms with E-state index in [0.717, 1.165) is 51.4 Å². The van der Waals surface area contributed by atoms with Gasteiger partial charge >= 0.3 is 5.97 Å². The second kappa shape index (κ2) is 53.7. The maximum absolute atomic E-state index is 12.4. The average Bonchev–Trinajstić information content (AvgIpc) is 3.29. The van der Waals surface area contributed by atoms with Gasteiger partial charge in [0.15, 0.2) is 0 Å². The second-order valence-corrected chi connectivity index (χ2v) is 19.3. The van der Waals surface area contributed by atoms with Gasteiger partial charge < -0.3 is 20.3 Å². The van der Waals surface area contributed by atoms with Gasteiger partial charge in [-0.15, -0.1) is 0 Å². The Kier molecular flexibility index (Phi) is 52.1. The molecule has 0 radical (unpaired) electrons. The molecular weight excluding hydrogens is 791 g/mol. The molecule has 0 bridgehead atoms. The van der Waals surface area contributed by atoms with Crippen molar-refractivity contribution in [3.05, 3.63) is 36.5 Å². The molecule has 3 N–H and O–H groups in total. The first-order valence-electron chi connectivity index (χ1n) is 28.3. The summed E-state index contributed by atoms with van der Waals surface area (Å²) >= 11 is 0. The first kappa shape index (κ1) is 62.1. The van der Waals surface area contributed by atoms with Gasteiger partial charge in [0, 0.05) is 12.8 Å². The molecule has 2 atom stereocenters. The van der Waals surface area contributed by atoms with Crippen molar-refractivity contribution in [1.29, 1.82) is 0 Å². The molecule has 376 valence electrons. The van der Waals surface area contributed by atoms with Crippen LogP contribution in [0.1, 0.15) is 296 Å². The summed E-state index contributed by atoms with van der Waals surface area (Å²) in [7, 11) is 0. The summed E-state index contributed by atoms with van der Waals surface area (Å²) in [4.78, 5) is 24.5. The van der Waals surface area contributed by atoms with Crippen LogP contribution < -0.4 is 5.32 Å². The van der Waals surface area contributed by atoms with Gasteiger partial charge in [-0.1, -0.05) is 237 Å². The van der Waals surface area contributed by atoms with Gasteiger partial charge in [-0.25, -0.2) is 0 Å². The summed E-state index contributed by atoms with van der Waals surface area (Å²) in [5.41, 5.74) is 0. The van der Waals surface area contributed by atoms with Gasteiger partial charge in [-0.3, -0.25) is 9.59 Å². The van der Waals surface area contributed by atoms with Gasteiger partial charge in [0.1, 0.15) is 0 Å². The van der Waals surface area contributed by atoms with E-state index in [1.54, 1.807) is 6.08 Å². The van der Waals surface area contributed by atoms with E-state index < -0.39 is 12.1 Å². The molecule has 1 amide bonds. The van der Waals surface area contributed by atoms with Crippen LogP contribution in [-0.2, 0) is 14.3 Å². The minimum Gasteiger partial charge on any atom is -0.466 e. The van der Waals surface area contributed by atoms with E-state index in [-0.39, 0.29) is 18.5 Å². The van der Waals surface area contributed by atoms with E-state index in [1.807, 2.05) is 6.08 Å². The van der Waals surface area contributed by atoms with E-state index in [1.165, 1.54) is 218 Å². The Labute approximate surface area is 398 Å². The number of hydrogen-bond acceptors (Lipinski definition) is 5. The van der Waals surface area contributed by atoms with Crippen molar-refractivity contribution in [2.45, 2.75) is 309 Å². The smallest absolute Gasteiger partial charge is 0.305 e. The van der Waals surface area contributed by atoms with Crippen LogP contribution in [0, 0.1) is 0 Å². The Morgan fingerprint density at radius 2 is 0.734 bits per heavy atom. The topological polar surface area (TPSA) is 95.9 Å². The highest BCUT2D eigenvalue weighted by Crippen LogP contribution is 2.15. The number of carbonyl (C=O) groups is 2. The van der Waals surface area contributed by atoms with E-state index >= 15 is 0 Å². The molecule has 0 aliphatic carbocycles. The molecule has 0 fully saturated rings. The predicted octanol–water partition coefficient (Wildman–Crippen LogP) is 17.2. The molecule has 0 rings (SSSR count). The maximum Gasteiger partial charge on any atom is 0.305 e. The zero-order chi connectivity index (χ0) is 46.5. The van der Waals surface area contributed by atoms with Crippen molar-refractivity contribution in [2.24, 2.45) is 0 Å². The molecule has 0 aromatic rings. The number of amides is 1. The molecule has 6 nitrogen and oxygen atoms in total. The van der Waals surface area contributed by atoms with E-state index in [4.69, 9.17) is 4.74 Å². The van der Waals surface area contributed by atoms with Gasteiger partial charge in [-0.05, 0) is 83.5 Å². The lowest BCUT2D eigenvalue weighted by molar-refractivity contribution is -0.143. The van der Waals surface area contributed by atoms with E-state index in [2.05, 4.69) is 43.5 Å². The van der Waals surface area contributed by atoms with Gasteiger partial charge in [0.05, 0.1) is 25.4 Å². The molecule has 0 aliphatic rings. The molecule has 2 unspecified atom stereocenters. The highest BCUT2D eigenvalue weighted by Gasteiger charge is 2.18. The summed E-state index contributed by atoms with van der Waals surface area (Å²) in [6, 6.07) is -0.634. The molecule has 0 heterocycles. The maximum atomic E-state index is 12.4. The highest BCUT2D eigenvalue weighted by atomic mass is 16.5. The Morgan fingerprint density at radius 1 is 0.422 bits per heavy atom. The summed E-state index contributed by atoms with van der Waals surface area (Å²) in [5.74, 6) is -0.0834. The lowest BCUT2D eigenvalue weighted by Gasteiger charge is -2.20. The van der Waals surface area contributed by atoms with Crippen LogP contribution >= 0.6 is 0 Å². The largest absolute Gasteiger partial charge is 0.466 e. The number of aliphatic hydroxyl groups excluding tert-OH is 2. The van der Waals surface area contributed by atoms with E-state index in [0.29, 0.717) is 19.4 Å². The number of rotatable bonds is 52. The third-order valence-corrected chi connectivity index (χ3v) is 12.9. The second-order valence-electron chi connectivity index (χ2n) is 19.3. The third-order valence-electron chi connectivity index (χ3n) is 12.9. The first-order valence-corrected chi connectivity index (χ1v) is 28.3. The zero-order valence-corrected chi connectivity index (χ0v) is 42.8. The Balaban J connectivity index is 3.46. The minimum atomic E-state index is -0.850. The van der Waals surface area contributed by atoms with Crippen LogP contribution in [0.2, 0.25) is 0 Å². The minimum absolute atomic E-state index is 0.00513. The fourth-order valence-corrected chi connectivity index (χ4v) is 8.50. The van der Waals surface area contributed by atoms with Crippen LogP contribution in [-0.4, -0.2) is 47.4 Å². The number of carbonyl (C=O) groups excluding carboxylic acids is 2. The molecule has 6 heteroatoms. The molecule has 0 aromatic carbocycles. The number of esters is 1. The molecule has 0 aliphatic heterocycles. The summed E-state index contributed by atoms with van der Waals surface area (Å²) < 4.78 is 5.47. The van der Waals surface area contributed by atoms with Crippen LogP contribution in [0.15, 0.2) is 36.5 Å². The highest BCUT2D eigenvalue weighted by molar-refractivity contribution is 5.76. The number of hydrogen-bond donors (Lipinski definition) is 3. The SMILES string of the molecule is CCCCCCCC/C=C\CCCCCCCC(=O)OCCCCCCCCCC/C=C\CCCCCCCCCC(=O)NC(CO)C(O)/C=C/CCCCCCCCCCCCC. The van der Waals surface area contributed by atoms with Crippen molar-refractivity contribution in [1.82, 2.24) is 5.32 Å². The molecular formula is C58H109NO5. The lowest BCUT2D eigenvalue weighted by atomic mass is 10.0. The summed E-state index contributed by atoms with van der Waals surface area (Å²) in [6.45, 7) is 4.88. The quantitative estimate of drug-likeness (QED) is 0.0321. The zero-order valence-electron chi connectivity index (χ0n) is 42.8. The standard InChI is InChI=1S/C58H109NO5/c1-3-5-7-9-11-13-15-17-23-28-32-36-40-44-48-52-58(63)64-53-49-45-41-37-33-29-25-22-20-18-19-21-24-27-31-35-39-43-47-51-57(62)59-55(54-60)56(61)50-46-42-38-34-30-26-16-14-12-10-8-6-4-2/h17-19,23,46,50,55-56,60-61H,3-16,20-22,24-45,47-49,51-54H2,1-2H3,(H,59,62)/b19-18-,23-17-,50-46+. The Morgan fingerprint density at radius 3 is 1.11 bits per heavy atom. The number of ether oxygens (including phenoxy) is 1.